The molecule has 0 aromatic carbocycles. The van der Waals surface area contributed by atoms with Gasteiger partial charge in [0.2, 0.25) is 0 Å². The first kappa shape index (κ1) is 9.99. The lowest BCUT2D eigenvalue weighted by atomic mass is 10.0. The molecule has 13 heavy (non-hydrogen) atoms. The lowest BCUT2D eigenvalue weighted by molar-refractivity contribution is -0.140. The molecule has 1 aromatic rings. The minimum Gasteiger partial charge on any atom is -0.481 e. The number of hydrogen-bond acceptors (Lipinski definition) is 2. The van der Waals surface area contributed by atoms with Crippen molar-refractivity contribution in [2.24, 2.45) is 0 Å². The highest BCUT2D eigenvalue weighted by Gasteiger charge is 2.52. The zero-order valence-electron chi connectivity index (χ0n) is 6.93. The van der Waals surface area contributed by atoms with Crippen molar-refractivity contribution >= 4 is 18.4 Å². The Bertz CT molecular complexity index is 309. The number of nitrogens with zero attached hydrogens (tertiary/aromatic N) is 1. The van der Waals surface area contributed by atoms with Crippen LogP contribution < -0.4 is 0 Å². The predicted molar refractivity (Wildman–Crippen MR) is 50.0 cm³/mol. The van der Waals surface area contributed by atoms with Crippen molar-refractivity contribution in [3.63, 3.8) is 0 Å². The van der Waals surface area contributed by atoms with Crippen LogP contribution in [0.1, 0.15) is 18.5 Å². The van der Waals surface area contributed by atoms with Gasteiger partial charge in [-0.2, -0.15) is 0 Å². The van der Waals surface area contributed by atoms with Crippen molar-refractivity contribution in [3.05, 3.63) is 30.1 Å². The molecule has 0 aliphatic heterocycles. The topological polar surface area (TPSA) is 50.2 Å². The summed E-state index contributed by atoms with van der Waals surface area (Å²) >= 11 is 0. The van der Waals surface area contributed by atoms with Crippen molar-refractivity contribution in [2.45, 2.75) is 18.3 Å². The molecule has 1 saturated carbocycles. The fraction of sp³-hybridized carbons (Fsp3) is 0.333. The number of carboxylic acids is 1. The van der Waals surface area contributed by atoms with Crippen molar-refractivity contribution in [1.82, 2.24) is 4.98 Å². The van der Waals surface area contributed by atoms with Crippen LogP contribution in [0, 0.1) is 0 Å². The molecular weight excluding hydrogens is 190 g/mol. The van der Waals surface area contributed by atoms with Gasteiger partial charge in [0.25, 0.3) is 0 Å². The fourth-order valence-corrected chi connectivity index (χ4v) is 1.35. The Labute approximate surface area is 82.2 Å². The number of hydrogen-bond donors (Lipinski definition) is 1. The normalized spacial score (nSPS) is 17.2. The molecule has 0 saturated heterocycles. The Hall–Kier alpha value is -1.09. The van der Waals surface area contributed by atoms with Gasteiger partial charge >= 0.3 is 5.97 Å². The highest BCUT2D eigenvalue weighted by molar-refractivity contribution is 5.85. The highest BCUT2D eigenvalue weighted by Crippen LogP contribution is 2.47. The number of carbonyl (C=O) groups is 1. The van der Waals surface area contributed by atoms with Gasteiger partial charge in [0, 0.05) is 6.20 Å². The second-order valence-corrected chi connectivity index (χ2v) is 3.10. The first-order chi connectivity index (χ1) is 5.76. The minimum absolute atomic E-state index is 0. The Morgan fingerprint density at radius 2 is 2.15 bits per heavy atom. The molecule has 0 atom stereocenters. The van der Waals surface area contributed by atoms with E-state index in [1.807, 2.05) is 6.07 Å². The molecule has 70 valence electrons. The number of rotatable bonds is 2. The summed E-state index contributed by atoms with van der Waals surface area (Å²) in [4.78, 5) is 14.9. The maximum atomic E-state index is 10.8. The van der Waals surface area contributed by atoms with Crippen molar-refractivity contribution in [2.75, 3.05) is 0 Å². The number of aliphatic carboxylic acids is 1. The zero-order valence-corrected chi connectivity index (χ0v) is 7.75. The summed E-state index contributed by atoms with van der Waals surface area (Å²) in [5, 5.41) is 8.92. The van der Waals surface area contributed by atoms with Crippen LogP contribution in [0.25, 0.3) is 0 Å². The maximum absolute atomic E-state index is 10.8. The van der Waals surface area contributed by atoms with Gasteiger partial charge in [0.15, 0.2) is 0 Å². The number of aromatic nitrogens is 1. The van der Waals surface area contributed by atoms with E-state index >= 15 is 0 Å². The number of pyridine rings is 1. The van der Waals surface area contributed by atoms with Gasteiger partial charge in [-0.15, -0.1) is 12.4 Å². The second-order valence-electron chi connectivity index (χ2n) is 3.10. The van der Waals surface area contributed by atoms with E-state index in [4.69, 9.17) is 5.11 Å². The molecule has 1 aliphatic rings. The Morgan fingerprint density at radius 1 is 1.46 bits per heavy atom. The van der Waals surface area contributed by atoms with Crippen LogP contribution in [0.15, 0.2) is 24.4 Å². The van der Waals surface area contributed by atoms with Crippen molar-refractivity contribution in [3.8, 4) is 0 Å². The van der Waals surface area contributed by atoms with E-state index in [2.05, 4.69) is 4.98 Å². The summed E-state index contributed by atoms with van der Waals surface area (Å²) in [6.45, 7) is 0. The first-order valence-electron chi connectivity index (χ1n) is 3.91. The molecule has 0 radical (unpaired) electrons. The summed E-state index contributed by atoms with van der Waals surface area (Å²) in [5.74, 6) is -0.749. The predicted octanol–water partition coefficient (Wildman–Crippen LogP) is 1.62. The average molecular weight is 200 g/mol. The van der Waals surface area contributed by atoms with Gasteiger partial charge < -0.3 is 5.11 Å². The van der Waals surface area contributed by atoms with E-state index in [-0.39, 0.29) is 12.4 Å². The van der Waals surface area contributed by atoms with Gasteiger partial charge in [-0.05, 0) is 25.0 Å². The summed E-state index contributed by atoms with van der Waals surface area (Å²) in [6, 6.07) is 5.40. The lowest BCUT2D eigenvalue weighted by Crippen LogP contribution is -2.20. The molecule has 0 unspecified atom stereocenters. The third kappa shape index (κ3) is 1.52. The molecule has 2 rings (SSSR count). The van der Waals surface area contributed by atoms with Crippen LogP contribution in [0.3, 0.4) is 0 Å². The molecule has 1 aliphatic carbocycles. The van der Waals surface area contributed by atoms with Gasteiger partial charge in [0.1, 0.15) is 5.41 Å². The summed E-state index contributed by atoms with van der Waals surface area (Å²) in [6.07, 6.45) is 3.08. The monoisotopic (exact) mass is 199 g/mol. The van der Waals surface area contributed by atoms with Gasteiger partial charge in [0.05, 0.1) is 5.69 Å². The van der Waals surface area contributed by atoms with Crippen LogP contribution in [0.2, 0.25) is 0 Å². The van der Waals surface area contributed by atoms with Crippen molar-refractivity contribution < 1.29 is 9.90 Å². The molecule has 0 spiro atoms. The third-order valence-electron chi connectivity index (χ3n) is 2.31. The van der Waals surface area contributed by atoms with E-state index in [0.717, 1.165) is 12.8 Å². The first-order valence-corrected chi connectivity index (χ1v) is 3.91. The molecule has 1 aromatic heterocycles. The van der Waals surface area contributed by atoms with E-state index in [0.29, 0.717) is 5.69 Å². The molecular formula is C9H10ClNO2. The number of carboxylic acid groups (broad SMARTS) is 1. The van der Waals surface area contributed by atoms with Crippen LogP contribution in [0.5, 0.6) is 0 Å². The smallest absolute Gasteiger partial charge is 0.315 e. The fourth-order valence-electron chi connectivity index (χ4n) is 1.35. The molecule has 0 amide bonds. The minimum atomic E-state index is -0.749. The summed E-state index contributed by atoms with van der Waals surface area (Å²) < 4.78 is 0. The van der Waals surface area contributed by atoms with Crippen LogP contribution in [-0.4, -0.2) is 16.1 Å². The Morgan fingerprint density at radius 3 is 2.54 bits per heavy atom. The standard InChI is InChI=1S/C9H9NO2.ClH/c11-8(12)9(4-5-9)7-3-1-2-6-10-7;/h1-3,6H,4-5H2,(H,11,12);1H. The quantitative estimate of drug-likeness (QED) is 0.788. The molecule has 3 nitrogen and oxygen atoms in total. The largest absolute Gasteiger partial charge is 0.481 e. The van der Waals surface area contributed by atoms with Crippen LogP contribution >= 0.6 is 12.4 Å². The van der Waals surface area contributed by atoms with Crippen LogP contribution in [-0.2, 0) is 10.2 Å². The lowest BCUT2D eigenvalue weighted by Gasteiger charge is -2.06. The highest BCUT2D eigenvalue weighted by atomic mass is 35.5. The summed E-state index contributed by atoms with van der Waals surface area (Å²) in [7, 11) is 0. The molecule has 0 bridgehead atoms. The maximum Gasteiger partial charge on any atom is 0.315 e. The van der Waals surface area contributed by atoms with Gasteiger partial charge in [-0.3, -0.25) is 9.78 Å². The van der Waals surface area contributed by atoms with E-state index in [1.165, 1.54) is 0 Å². The van der Waals surface area contributed by atoms with Crippen molar-refractivity contribution in [1.29, 1.82) is 0 Å². The van der Waals surface area contributed by atoms with E-state index < -0.39 is 11.4 Å². The third-order valence-corrected chi connectivity index (χ3v) is 2.31. The zero-order chi connectivity index (χ0) is 8.60. The molecule has 4 heteroatoms. The van der Waals surface area contributed by atoms with Gasteiger partial charge in [-0.1, -0.05) is 6.07 Å². The van der Waals surface area contributed by atoms with Crippen LogP contribution in [0.4, 0.5) is 0 Å². The SMILES string of the molecule is Cl.O=C(O)C1(c2ccccn2)CC1. The Kier molecular flexibility index (Phi) is 2.57. The molecule has 1 N–H and O–H groups in total. The molecule has 1 heterocycles. The van der Waals surface area contributed by atoms with Gasteiger partial charge in [-0.25, -0.2) is 0 Å². The Balaban J connectivity index is 0.000000845. The van der Waals surface area contributed by atoms with E-state index in [1.54, 1.807) is 18.3 Å². The molecule has 1 fully saturated rings. The second kappa shape index (κ2) is 3.34. The average Bonchev–Trinajstić information content (AvgIpc) is 2.86. The number of halogens is 1. The van der Waals surface area contributed by atoms with E-state index in [9.17, 15) is 4.79 Å². The summed E-state index contributed by atoms with van der Waals surface area (Å²) in [5.41, 5.74) is 0.0406.